The summed E-state index contributed by atoms with van der Waals surface area (Å²) in [6.45, 7) is 4.15. The molecule has 100 valence electrons. The van der Waals surface area contributed by atoms with Crippen molar-refractivity contribution in [2.24, 2.45) is 0 Å². The van der Waals surface area contributed by atoms with E-state index in [9.17, 15) is 0 Å². The Morgan fingerprint density at radius 1 is 1.37 bits per heavy atom. The second kappa shape index (κ2) is 5.53. The van der Waals surface area contributed by atoms with E-state index in [0.717, 1.165) is 25.3 Å². The third kappa shape index (κ3) is 2.68. The first-order valence-corrected chi connectivity index (χ1v) is 7.09. The lowest BCUT2D eigenvalue weighted by molar-refractivity contribution is 0.668. The van der Waals surface area contributed by atoms with Crippen molar-refractivity contribution in [3.05, 3.63) is 41.9 Å². The second-order valence-corrected chi connectivity index (χ2v) is 5.11. The highest BCUT2D eigenvalue weighted by atomic mass is 15.3. The zero-order valence-electron chi connectivity index (χ0n) is 11.3. The summed E-state index contributed by atoms with van der Waals surface area (Å²) in [5.41, 5.74) is 2.67. The van der Waals surface area contributed by atoms with Crippen molar-refractivity contribution in [2.75, 3.05) is 6.54 Å². The molecule has 0 atom stereocenters. The summed E-state index contributed by atoms with van der Waals surface area (Å²) in [6, 6.07) is 5.96. The highest BCUT2D eigenvalue weighted by Gasteiger charge is 2.30. The van der Waals surface area contributed by atoms with E-state index in [2.05, 4.69) is 22.3 Å². The monoisotopic (exact) mass is 256 g/mol. The molecule has 0 saturated heterocycles. The number of rotatable bonds is 6. The maximum absolute atomic E-state index is 4.54. The van der Waals surface area contributed by atoms with Crippen LogP contribution in [0.15, 0.2) is 30.6 Å². The average molecular weight is 256 g/mol. The van der Waals surface area contributed by atoms with Gasteiger partial charge in [-0.1, -0.05) is 13.0 Å². The highest BCUT2D eigenvalue weighted by molar-refractivity contribution is 5.33. The van der Waals surface area contributed by atoms with Crippen molar-refractivity contribution >= 4 is 0 Å². The maximum Gasteiger partial charge on any atom is 0.153 e. The number of nitrogens with zero attached hydrogens (tertiary/aromatic N) is 3. The van der Waals surface area contributed by atoms with Crippen LogP contribution >= 0.6 is 0 Å². The van der Waals surface area contributed by atoms with Gasteiger partial charge in [-0.05, 0) is 37.9 Å². The Balaban J connectivity index is 1.88. The van der Waals surface area contributed by atoms with Crippen LogP contribution in [0.3, 0.4) is 0 Å². The van der Waals surface area contributed by atoms with Crippen LogP contribution in [0.2, 0.25) is 0 Å². The molecule has 1 saturated carbocycles. The predicted molar refractivity (Wildman–Crippen MR) is 75.3 cm³/mol. The van der Waals surface area contributed by atoms with Gasteiger partial charge in [0.15, 0.2) is 5.82 Å². The number of nitrogens with one attached hydrogen (secondary N) is 1. The smallest absolute Gasteiger partial charge is 0.153 e. The molecule has 1 fully saturated rings. The van der Waals surface area contributed by atoms with E-state index in [0.29, 0.717) is 5.92 Å². The third-order valence-corrected chi connectivity index (χ3v) is 3.46. The molecule has 2 heterocycles. The van der Waals surface area contributed by atoms with E-state index in [1.807, 2.05) is 35.3 Å². The minimum absolute atomic E-state index is 0.669. The number of hydrogen-bond acceptors (Lipinski definition) is 3. The summed E-state index contributed by atoms with van der Waals surface area (Å²) in [5.74, 6) is 1.59. The van der Waals surface area contributed by atoms with Crippen molar-refractivity contribution in [3.63, 3.8) is 0 Å². The van der Waals surface area contributed by atoms with Gasteiger partial charge in [-0.15, -0.1) is 0 Å². The molecule has 0 unspecified atom stereocenters. The normalized spacial score (nSPS) is 14.8. The Morgan fingerprint density at radius 3 is 2.95 bits per heavy atom. The third-order valence-electron chi connectivity index (χ3n) is 3.46. The van der Waals surface area contributed by atoms with Gasteiger partial charge in [0.05, 0.1) is 11.9 Å². The molecule has 2 aromatic rings. The minimum Gasteiger partial charge on any atom is -0.313 e. The van der Waals surface area contributed by atoms with E-state index < -0.39 is 0 Å². The fraction of sp³-hybridized carbons (Fsp3) is 0.467. The Bertz CT molecular complexity index is 528. The zero-order chi connectivity index (χ0) is 13.1. The van der Waals surface area contributed by atoms with Gasteiger partial charge in [-0.25, -0.2) is 9.67 Å². The Kier molecular flexibility index (Phi) is 3.60. The Morgan fingerprint density at radius 2 is 2.26 bits per heavy atom. The molecule has 3 rings (SSSR count). The van der Waals surface area contributed by atoms with Gasteiger partial charge in [0, 0.05) is 24.2 Å². The highest BCUT2D eigenvalue weighted by Crippen LogP contribution is 2.42. The van der Waals surface area contributed by atoms with Crippen molar-refractivity contribution < 1.29 is 0 Å². The van der Waals surface area contributed by atoms with Crippen molar-refractivity contribution in [1.82, 2.24) is 20.1 Å². The van der Waals surface area contributed by atoms with E-state index in [4.69, 9.17) is 0 Å². The van der Waals surface area contributed by atoms with Crippen molar-refractivity contribution in [3.8, 4) is 5.82 Å². The van der Waals surface area contributed by atoms with Crippen molar-refractivity contribution in [1.29, 1.82) is 0 Å². The molecule has 4 nitrogen and oxygen atoms in total. The van der Waals surface area contributed by atoms with E-state index in [1.54, 1.807) is 0 Å². The summed E-state index contributed by atoms with van der Waals surface area (Å²) in [4.78, 5) is 4.41. The van der Waals surface area contributed by atoms with Gasteiger partial charge in [0.25, 0.3) is 0 Å². The minimum atomic E-state index is 0.669. The van der Waals surface area contributed by atoms with E-state index in [1.165, 1.54) is 24.1 Å². The second-order valence-electron chi connectivity index (χ2n) is 5.11. The molecule has 19 heavy (non-hydrogen) atoms. The van der Waals surface area contributed by atoms with Crippen LogP contribution in [0.25, 0.3) is 5.82 Å². The van der Waals surface area contributed by atoms with Crippen LogP contribution in [0.5, 0.6) is 0 Å². The maximum atomic E-state index is 4.54. The molecule has 0 spiro atoms. The Labute approximate surface area is 113 Å². The average Bonchev–Trinajstić information content (AvgIpc) is 3.21. The molecule has 0 aliphatic heterocycles. The van der Waals surface area contributed by atoms with Gasteiger partial charge in [-0.3, -0.25) is 0 Å². The van der Waals surface area contributed by atoms with E-state index in [-0.39, 0.29) is 0 Å². The molecule has 0 amide bonds. The molecule has 1 aliphatic carbocycles. The molecule has 0 radical (unpaired) electrons. The lowest BCUT2D eigenvalue weighted by Crippen LogP contribution is -2.15. The number of aromatic nitrogens is 3. The lowest BCUT2D eigenvalue weighted by atomic mass is 10.1. The summed E-state index contributed by atoms with van der Waals surface area (Å²) in [5, 5.41) is 8.01. The number of hydrogen-bond donors (Lipinski definition) is 1. The van der Waals surface area contributed by atoms with Crippen LogP contribution in [0, 0.1) is 0 Å². The van der Waals surface area contributed by atoms with Gasteiger partial charge < -0.3 is 5.32 Å². The quantitative estimate of drug-likeness (QED) is 0.808. The van der Waals surface area contributed by atoms with Gasteiger partial charge in [0.2, 0.25) is 0 Å². The summed E-state index contributed by atoms with van der Waals surface area (Å²) in [6.07, 6.45) is 7.53. The predicted octanol–water partition coefficient (Wildman–Crippen LogP) is 2.64. The molecule has 1 N–H and O–H groups in total. The Hall–Kier alpha value is -1.68. The molecular formula is C15H20N4. The molecule has 2 aromatic heterocycles. The first-order valence-electron chi connectivity index (χ1n) is 7.09. The van der Waals surface area contributed by atoms with Crippen LogP contribution < -0.4 is 5.32 Å². The van der Waals surface area contributed by atoms with Crippen LogP contribution in [-0.4, -0.2) is 21.3 Å². The van der Waals surface area contributed by atoms with Crippen LogP contribution in [0.1, 0.15) is 43.4 Å². The standard InChI is InChI=1S/C15H20N4/c1-2-8-16-10-13-11-18-19(15(13)12-6-7-12)14-5-3-4-9-17-14/h3-5,9,11-12,16H,2,6-8,10H2,1H3. The van der Waals surface area contributed by atoms with Crippen LogP contribution in [-0.2, 0) is 6.54 Å². The largest absolute Gasteiger partial charge is 0.313 e. The van der Waals surface area contributed by atoms with Crippen LogP contribution in [0.4, 0.5) is 0 Å². The molecule has 4 heteroatoms. The van der Waals surface area contributed by atoms with E-state index >= 15 is 0 Å². The summed E-state index contributed by atoms with van der Waals surface area (Å²) in [7, 11) is 0. The van der Waals surface area contributed by atoms with Crippen molar-refractivity contribution in [2.45, 2.75) is 38.6 Å². The molecular weight excluding hydrogens is 236 g/mol. The fourth-order valence-electron chi connectivity index (χ4n) is 2.38. The first-order chi connectivity index (χ1) is 9.40. The summed E-state index contributed by atoms with van der Waals surface area (Å²) < 4.78 is 2.01. The first kappa shape index (κ1) is 12.4. The zero-order valence-corrected chi connectivity index (χ0v) is 11.3. The van der Waals surface area contributed by atoms with Gasteiger partial charge >= 0.3 is 0 Å². The van der Waals surface area contributed by atoms with Gasteiger partial charge in [-0.2, -0.15) is 5.10 Å². The summed E-state index contributed by atoms with van der Waals surface area (Å²) >= 11 is 0. The number of pyridine rings is 1. The fourth-order valence-corrected chi connectivity index (χ4v) is 2.38. The molecule has 0 aromatic carbocycles. The topological polar surface area (TPSA) is 42.7 Å². The lowest BCUT2D eigenvalue weighted by Gasteiger charge is -2.08. The molecule has 1 aliphatic rings. The SMILES string of the molecule is CCCNCc1cnn(-c2ccccn2)c1C1CC1. The van der Waals surface area contributed by atoms with Gasteiger partial charge in [0.1, 0.15) is 0 Å². The molecule has 0 bridgehead atoms.